The molecule has 0 unspecified atom stereocenters. The lowest BCUT2D eigenvalue weighted by Gasteiger charge is -2.32. The molecule has 0 radical (unpaired) electrons. The van der Waals surface area contributed by atoms with Crippen LogP contribution in [0.2, 0.25) is 0 Å². The van der Waals surface area contributed by atoms with E-state index in [1.165, 1.54) is 6.07 Å². The molecule has 1 saturated heterocycles. The highest BCUT2D eigenvalue weighted by atomic mass is 19.1. The Morgan fingerprint density at radius 2 is 2.32 bits per heavy atom. The number of para-hydroxylation sites is 1. The van der Waals surface area contributed by atoms with Crippen LogP contribution in [0.25, 0.3) is 0 Å². The maximum Gasteiger partial charge on any atom is 0.264 e. The van der Waals surface area contributed by atoms with Crippen molar-refractivity contribution in [2.24, 2.45) is 0 Å². The van der Waals surface area contributed by atoms with Crippen LogP contribution in [0.1, 0.15) is 43.0 Å². The molecule has 25 heavy (non-hydrogen) atoms. The molecular weight excluding hydrogens is 325 g/mol. The first-order chi connectivity index (χ1) is 12.2. The van der Waals surface area contributed by atoms with Crippen molar-refractivity contribution in [1.29, 1.82) is 0 Å². The molecule has 2 aliphatic rings. The van der Waals surface area contributed by atoms with Crippen LogP contribution in [-0.2, 0) is 17.6 Å². The molecule has 2 atom stereocenters. The smallest absolute Gasteiger partial charge is 0.264 e. The molecular formula is C18H20FN3O3. The van der Waals surface area contributed by atoms with E-state index in [1.807, 2.05) is 6.92 Å². The van der Waals surface area contributed by atoms with Crippen molar-refractivity contribution in [3.8, 4) is 5.75 Å². The van der Waals surface area contributed by atoms with Crippen molar-refractivity contribution in [2.45, 2.75) is 44.6 Å². The summed E-state index contributed by atoms with van der Waals surface area (Å²) in [6.07, 6.45) is 2.26. The predicted octanol–water partition coefficient (Wildman–Crippen LogP) is 2.48. The topological polar surface area (TPSA) is 68.5 Å². The number of nitrogens with zero attached hydrogens (tertiary/aromatic N) is 3. The largest absolute Gasteiger partial charge is 0.477 e. The average molecular weight is 345 g/mol. The second-order valence-electron chi connectivity index (χ2n) is 6.56. The second kappa shape index (κ2) is 6.46. The fraction of sp³-hybridized carbons (Fsp3) is 0.500. The van der Waals surface area contributed by atoms with Crippen LogP contribution in [0, 0.1) is 5.82 Å². The molecule has 1 aromatic carbocycles. The van der Waals surface area contributed by atoms with Gasteiger partial charge in [0, 0.05) is 37.4 Å². The molecule has 0 saturated carbocycles. The Morgan fingerprint density at radius 3 is 3.08 bits per heavy atom. The van der Waals surface area contributed by atoms with Crippen molar-refractivity contribution in [1.82, 2.24) is 15.0 Å². The quantitative estimate of drug-likeness (QED) is 0.855. The molecule has 2 aliphatic heterocycles. The Hall–Kier alpha value is -2.44. The van der Waals surface area contributed by atoms with Gasteiger partial charge in [-0.2, -0.15) is 4.98 Å². The van der Waals surface area contributed by atoms with E-state index >= 15 is 0 Å². The maximum atomic E-state index is 13.8. The highest BCUT2D eigenvalue weighted by Crippen LogP contribution is 2.33. The lowest BCUT2D eigenvalue weighted by molar-refractivity contribution is -0.139. The van der Waals surface area contributed by atoms with E-state index in [0.29, 0.717) is 37.6 Å². The highest BCUT2D eigenvalue weighted by Gasteiger charge is 2.36. The number of ether oxygens (including phenoxy) is 1. The van der Waals surface area contributed by atoms with Crippen LogP contribution in [0.15, 0.2) is 22.7 Å². The van der Waals surface area contributed by atoms with E-state index in [2.05, 4.69) is 10.1 Å². The Kier molecular flexibility index (Phi) is 4.15. The number of hydrogen-bond acceptors (Lipinski definition) is 5. The van der Waals surface area contributed by atoms with Crippen LogP contribution in [0.5, 0.6) is 5.75 Å². The van der Waals surface area contributed by atoms with Crippen LogP contribution >= 0.6 is 0 Å². The van der Waals surface area contributed by atoms with Gasteiger partial charge in [0.25, 0.3) is 5.91 Å². The van der Waals surface area contributed by atoms with Gasteiger partial charge in [0.05, 0.1) is 0 Å². The Balaban J connectivity index is 1.45. The maximum absolute atomic E-state index is 13.8. The first kappa shape index (κ1) is 16.1. The van der Waals surface area contributed by atoms with Gasteiger partial charge in [-0.3, -0.25) is 4.79 Å². The monoisotopic (exact) mass is 345 g/mol. The number of benzene rings is 1. The number of aryl methyl sites for hydroxylation is 1. The summed E-state index contributed by atoms with van der Waals surface area (Å²) in [5.74, 6) is 1.05. The number of fused-ring (bicyclic) bond motifs is 1. The molecule has 4 rings (SSSR count). The molecule has 1 amide bonds. The van der Waals surface area contributed by atoms with Gasteiger partial charge in [-0.25, -0.2) is 4.39 Å². The average Bonchev–Trinajstić information content (AvgIpc) is 3.29. The fourth-order valence-electron chi connectivity index (χ4n) is 3.54. The van der Waals surface area contributed by atoms with Gasteiger partial charge >= 0.3 is 0 Å². The number of carbonyl (C=O) groups excluding carboxylic acids is 1. The van der Waals surface area contributed by atoms with Gasteiger partial charge in [0.2, 0.25) is 5.89 Å². The number of piperidine rings is 1. The number of aromatic nitrogens is 2. The number of carbonyl (C=O) groups is 1. The lowest BCUT2D eigenvalue weighted by Crippen LogP contribution is -2.46. The molecule has 7 heteroatoms. The van der Waals surface area contributed by atoms with Crippen LogP contribution in [-0.4, -0.2) is 40.1 Å². The lowest BCUT2D eigenvalue weighted by atomic mass is 9.96. The number of likely N-dealkylation sites (tertiary alicyclic amines) is 1. The summed E-state index contributed by atoms with van der Waals surface area (Å²) in [7, 11) is 0. The molecule has 0 bridgehead atoms. The molecule has 6 nitrogen and oxygen atoms in total. The van der Waals surface area contributed by atoms with Crippen molar-refractivity contribution in [3.63, 3.8) is 0 Å². The number of halogens is 1. The van der Waals surface area contributed by atoms with Crippen molar-refractivity contribution >= 4 is 5.91 Å². The third-order valence-corrected chi connectivity index (χ3v) is 4.87. The van der Waals surface area contributed by atoms with E-state index < -0.39 is 11.9 Å². The standard InChI is InChI=1S/C18H20FN3O3/c1-2-15-20-17(21-25-15)12-6-4-8-22(10-12)18(23)14-9-11-5-3-7-13(19)16(11)24-14/h3,5,7,12,14H,2,4,6,8-10H2,1H3/t12-,14+/m1/s1. The van der Waals surface area contributed by atoms with Gasteiger partial charge in [0.15, 0.2) is 23.5 Å². The predicted molar refractivity (Wildman–Crippen MR) is 86.8 cm³/mol. The van der Waals surface area contributed by atoms with Gasteiger partial charge in [-0.05, 0) is 18.9 Å². The van der Waals surface area contributed by atoms with Crippen LogP contribution in [0.4, 0.5) is 4.39 Å². The molecule has 2 aromatic rings. The molecule has 1 fully saturated rings. The summed E-state index contributed by atoms with van der Waals surface area (Å²) in [5.41, 5.74) is 0.748. The summed E-state index contributed by atoms with van der Waals surface area (Å²) >= 11 is 0. The minimum atomic E-state index is -0.651. The fourth-order valence-corrected chi connectivity index (χ4v) is 3.54. The van der Waals surface area contributed by atoms with E-state index in [0.717, 1.165) is 18.4 Å². The SMILES string of the molecule is CCc1nc([C@@H]2CCCN(C(=O)[C@@H]3Cc4cccc(F)c4O3)C2)no1. The highest BCUT2D eigenvalue weighted by molar-refractivity contribution is 5.82. The Bertz CT molecular complexity index is 792. The number of hydrogen-bond donors (Lipinski definition) is 0. The summed E-state index contributed by atoms with van der Waals surface area (Å²) in [4.78, 5) is 19.0. The summed E-state index contributed by atoms with van der Waals surface area (Å²) in [6, 6.07) is 4.79. The minimum Gasteiger partial charge on any atom is -0.477 e. The van der Waals surface area contributed by atoms with Crippen LogP contribution < -0.4 is 4.74 Å². The number of amides is 1. The number of rotatable bonds is 3. The Morgan fingerprint density at radius 1 is 1.44 bits per heavy atom. The van der Waals surface area contributed by atoms with E-state index in [4.69, 9.17) is 9.26 Å². The summed E-state index contributed by atoms with van der Waals surface area (Å²) < 4.78 is 24.6. The molecule has 0 spiro atoms. The van der Waals surface area contributed by atoms with Crippen LogP contribution in [0.3, 0.4) is 0 Å². The molecule has 0 N–H and O–H groups in total. The van der Waals surface area contributed by atoms with E-state index in [9.17, 15) is 9.18 Å². The third kappa shape index (κ3) is 2.99. The first-order valence-electron chi connectivity index (χ1n) is 8.71. The van der Waals surface area contributed by atoms with Crippen molar-refractivity contribution < 1.29 is 18.4 Å². The van der Waals surface area contributed by atoms with E-state index in [1.54, 1.807) is 17.0 Å². The van der Waals surface area contributed by atoms with E-state index in [-0.39, 0.29) is 17.6 Å². The summed E-state index contributed by atoms with van der Waals surface area (Å²) in [6.45, 7) is 3.18. The van der Waals surface area contributed by atoms with Crippen molar-refractivity contribution in [3.05, 3.63) is 41.3 Å². The Labute approximate surface area is 145 Å². The zero-order chi connectivity index (χ0) is 17.4. The minimum absolute atomic E-state index is 0.0715. The van der Waals surface area contributed by atoms with Gasteiger partial charge < -0.3 is 14.2 Å². The van der Waals surface area contributed by atoms with Gasteiger partial charge in [0.1, 0.15) is 0 Å². The summed E-state index contributed by atoms with van der Waals surface area (Å²) in [5, 5.41) is 4.04. The molecule has 3 heterocycles. The normalized spacial score (nSPS) is 22.6. The second-order valence-corrected chi connectivity index (χ2v) is 6.56. The van der Waals surface area contributed by atoms with Crippen molar-refractivity contribution in [2.75, 3.05) is 13.1 Å². The third-order valence-electron chi connectivity index (χ3n) is 4.87. The molecule has 1 aromatic heterocycles. The molecule has 0 aliphatic carbocycles. The first-order valence-corrected chi connectivity index (χ1v) is 8.71. The van der Waals surface area contributed by atoms with Gasteiger partial charge in [-0.15, -0.1) is 0 Å². The zero-order valence-corrected chi connectivity index (χ0v) is 14.1. The molecule has 132 valence electrons. The van der Waals surface area contributed by atoms with Gasteiger partial charge in [-0.1, -0.05) is 24.2 Å². The zero-order valence-electron chi connectivity index (χ0n) is 14.1.